The van der Waals surface area contributed by atoms with Crippen LogP contribution in [0, 0.1) is 6.92 Å². The van der Waals surface area contributed by atoms with Crippen LogP contribution in [0.5, 0.6) is 0 Å². The molecule has 0 aliphatic carbocycles. The van der Waals surface area contributed by atoms with Gasteiger partial charge in [-0.1, -0.05) is 121 Å². The van der Waals surface area contributed by atoms with Gasteiger partial charge in [0.15, 0.2) is 17.5 Å². The minimum absolute atomic E-state index is 0.355. The summed E-state index contributed by atoms with van der Waals surface area (Å²) in [5.74, 6) is -1.25. The molecule has 1 atom stereocenters. The third kappa shape index (κ3) is 6.23. The van der Waals surface area contributed by atoms with E-state index in [9.17, 15) is 14.7 Å². The highest BCUT2D eigenvalue weighted by Crippen LogP contribution is 2.30. The molecule has 1 N–H and O–H groups in total. The number of Topliss-reactive ketones (excluding diaryl/α,β-unsaturated/α-hetero) is 1. The SMILES string of the molecule is Cc1cccc(C(=O)C[C@](O)(/C=C/c2ccccc2)C(=O)OC(c2ccccc2)c2ccccc2)c1. The van der Waals surface area contributed by atoms with E-state index in [2.05, 4.69) is 0 Å². The van der Waals surface area contributed by atoms with Crippen molar-refractivity contribution in [2.75, 3.05) is 0 Å². The third-order valence-corrected chi connectivity index (χ3v) is 5.90. The first-order valence-corrected chi connectivity index (χ1v) is 11.8. The predicted molar refractivity (Wildman–Crippen MR) is 141 cm³/mol. The molecule has 0 saturated carbocycles. The van der Waals surface area contributed by atoms with E-state index in [1.807, 2.05) is 104 Å². The van der Waals surface area contributed by atoms with E-state index in [-0.39, 0.29) is 5.78 Å². The molecule has 4 aromatic carbocycles. The number of aliphatic hydroxyl groups is 1. The molecule has 0 amide bonds. The van der Waals surface area contributed by atoms with E-state index in [0.717, 1.165) is 22.3 Å². The van der Waals surface area contributed by atoms with E-state index < -0.39 is 24.1 Å². The van der Waals surface area contributed by atoms with Crippen LogP contribution in [0.25, 0.3) is 6.08 Å². The highest BCUT2D eigenvalue weighted by atomic mass is 16.6. The Morgan fingerprint density at radius 3 is 1.92 bits per heavy atom. The lowest BCUT2D eigenvalue weighted by Gasteiger charge is -2.26. The van der Waals surface area contributed by atoms with Crippen LogP contribution in [-0.2, 0) is 9.53 Å². The van der Waals surface area contributed by atoms with Crippen LogP contribution in [0.4, 0.5) is 0 Å². The number of benzene rings is 4. The summed E-state index contributed by atoms with van der Waals surface area (Å²) in [6, 6.07) is 35.0. The van der Waals surface area contributed by atoms with Crippen molar-refractivity contribution in [1.82, 2.24) is 0 Å². The van der Waals surface area contributed by atoms with E-state index in [1.165, 1.54) is 6.08 Å². The molecule has 36 heavy (non-hydrogen) atoms. The van der Waals surface area contributed by atoms with Gasteiger partial charge < -0.3 is 9.84 Å². The van der Waals surface area contributed by atoms with Crippen molar-refractivity contribution in [1.29, 1.82) is 0 Å². The van der Waals surface area contributed by atoms with Crippen molar-refractivity contribution >= 4 is 17.8 Å². The number of hydrogen-bond donors (Lipinski definition) is 1. The van der Waals surface area contributed by atoms with Crippen molar-refractivity contribution < 1.29 is 19.4 Å². The zero-order chi connectivity index (χ0) is 25.4. The first-order valence-electron chi connectivity index (χ1n) is 11.8. The molecule has 4 aromatic rings. The molecule has 0 spiro atoms. The first-order chi connectivity index (χ1) is 17.4. The fraction of sp³-hybridized carbons (Fsp3) is 0.125. The van der Waals surface area contributed by atoms with Crippen LogP contribution < -0.4 is 0 Å². The molecule has 0 fully saturated rings. The third-order valence-electron chi connectivity index (χ3n) is 5.90. The lowest BCUT2D eigenvalue weighted by Crippen LogP contribution is -2.41. The average molecular weight is 477 g/mol. The zero-order valence-electron chi connectivity index (χ0n) is 20.1. The average Bonchev–Trinajstić information content (AvgIpc) is 2.92. The van der Waals surface area contributed by atoms with Crippen LogP contribution in [-0.4, -0.2) is 22.5 Å². The smallest absolute Gasteiger partial charge is 0.343 e. The van der Waals surface area contributed by atoms with Gasteiger partial charge in [0.05, 0.1) is 6.42 Å². The Balaban J connectivity index is 1.68. The number of aryl methyl sites for hydroxylation is 1. The molecular weight excluding hydrogens is 448 g/mol. The molecule has 0 aromatic heterocycles. The van der Waals surface area contributed by atoms with Gasteiger partial charge >= 0.3 is 5.97 Å². The van der Waals surface area contributed by atoms with E-state index in [1.54, 1.807) is 24.3 Å². The van der Waals surface area contributed by atoms with Gasteiger partial charge in [0.25, 0.3) is 0 Å². The largest absolute Gasteiger partial charge is 0.450 e. The fourth-order valence-electron chi connectivity index (χ4n) is 3.96. The summed E-state index contributed by atoms with van der Waals surface area (Å²) >= 11 is 0. The first kappa shape index (κ1) is 24.8. The quantitative estimate of drug-likeness (QED) is 0.226. The lowest BCUT2D eigenvalue weighted by atomic mass is 9.91. The molecule has 4 nitrogen and oxygen atoms in total. The van der Waals surface area contributed by atoms with Crippen molar-refractivity contribution in [3.8, 4) is 0 Å². The summed E-state index contributed by atoms with van der Waals surface area (Å²) < 4.78 is 5.94. The molecule has 0 radical (unpaired) electrons. The van der Waals surface area contributed by atoms with E-state index >= 15 is 0 Å². The van der Waals surface area contributed by atoms with Gasteiger partial charge in [-0.3, -0.25) is 4.79 Å². The van der Waals surface area contributed by atoms with Gasteiger partial charge in [-0.2, -0.15) is 0 Å². The summed E-state index contributed by atoms with van der Waals surface area (Å²) in [7, 11) is 0. The summed E-state index contributed by atoms with van der Waals surface area (Å²) in [5.41, 5.74) is 1.48. The number of hydrogen-bond acceptors (Lipinski definition) is 4. The van der Waals surface area contributed by atoms with Crippen LogP contribution in [0.15, 0.2) is 121 Å². The molecule has 4 rings (SSSR count). The maximum Gasteiger partial charge on any atom is 0.343 e. The van der Waals surface area contributed by atoms with Gasteiger partial charge in [0.1, 0.15) is 0 Å². The molecule has 4 heteroatoms. The topological polar surface area (TPSA) is 63.6 Å². The Morgan fingerprint density at radius 1 is 0.806 bits per heavy atom. The molecule has 0 aliphatic rings. The van der Waals surface area contributed by atoms with Crippen LogP contribution in [0.3, 0.4) is 0 Å². The van der Waals surface area contributed by atoms with E-state index in [4.69, 9.17) is 4.74 Å². The Bertz CT molecular complexity index is 1290. The fourth-order valence-corrected chi connectivity index (χ4v) is 3.96. The monoisotopic (exact) mass is 476 g/mol. The van der Waals surface area contributed by atoms with Crippen LogP contribution in [0.2, 0.25) is 0 Å². The van der Waals surface area contributed by atoms with Crippen molar-refractivity contribution in [3.05, 3.63) is 149 Å². The number of carbonyl (C=O) groups excluding carboxylic acids is 2. The van der Waals surface area contributed by atoms with Gasteiger partial charge in [-0.05, 0) is 35.8 Å². The lowest BCUT2D eigenvalue weighted by molar-refractivity contribution is -0.164. The zero-order valence-corrected chi connectivity index (χ0v) is 20.1. The molecule has 0 heterocycles. The summed E-state index contributed by atoms with van der Waals surface area (Å²) in [6.45, 7) is 1.89. The van der Waals surface area contributed by atoms with Crippen molar-refractivity contribution in [2.45, 2.75) is 25.0 Å². The second kappa shape index (κ2) is 11.4. The Labute approximate surface area is 211 Å². The van der Waals surface area contributed by atoms with Gasteiger partial charge in [0, 0.05) is 5.56 Å². The minimum Gasteiger partial charge on any atom is -0.450 e. The number of rotatable bonds is 9. The number of carbonyl (C=O) groups is 2. The van der Waals surface area contributed by atoms with Crippen LogP contribution >= 0.6 is 0 Å². The van der Waals surface area contributed by atoms with Crippen LogP contribution in [0.1, 0.15) is 45.1 Å². The van der Waals surface area contributed by atoms with Gasteiger partial charge in [0.2, 0.25) is 0 Å². The minimum atomic E-state index is -2.17. The number of ketones is 1. The number of ether oxygens (including phenoxy) is 1. The summed E-state index contributed by atoms with van der Waals surface area (Å²) in [5, 5.41) is 11.6. The molecule has 0 bridgehead atoms. The maximum atomic E-state index is 13.6. The Hall–Kier alpha value is -4.28. The van der Waals surface area contributed by atoms with Gasteiger partial charge in [-0.25, -0.2) is 4.79 Å². The molecule has 0 aliphatic heterocycles. The van der Waals surface area contributed by atoms with Crippen molar-refractivity contribution in [3.63, 3.8) is 0 Å². The highest BCUT2D eigenvalue weighted by Gasteiger charge is 2.39. The van der Waals surface area contributed by atoms with Gasteiger partial charge in [-0.15, -0.1) is 0 Å². The molecule has 0 saturated heterocycles. The molecular formula is C32H28O4. The Morgan fingerprint density at radius 2 is 1.36 bits per heavy atom. The van der Waals surface area contributed by atoms with Crippen molar-refractivity contribution in [2.24, 2.45) is 0 Å². The highest BCUT2D eigenvalue weighted by molar-refractivity contribution is 6.01. The standard InChI is InChI=1S/C32H28O4/c1-24-12-11-19-28(22-24)29(33)23-32(35,21-20-25-13-5-2-6-14-25)31(34)36-30(26-15-7-3-8-16-26)27-17-9-4-10-18-27/h2-22,30,35H,23H2,1H3/b21-20+/t32-/m1/s1. The summed E-state index contributed by atoms with van der Waals surface area (Å²) in [4.78, 5) is 26.8. The maximum absolute atomic E-state index is 13.6. The second-order valence-electron chi connectivity index (χ2n) is 8.74. The number of esters is 1. The molecule has 0 unspecified atom stereocenters. The predicted octanol–water partition coefficient (Wildman–Crippen LogP) is 6.35. The second-order valence-corrected chi connectivity index (χ2v) is 8.74. The normalized spacial score (nSPS) is 12.9. The Kier molecular flexibility index (Phi) is 7.89. The molecule has 180 valence electrons. The van der Waals surface area contributed by atoms with E-state index in [0.29, 0.717) is 5.56 Å². The summed E-state index contributed by atoms with van der Waals surface area (Å²) in [6.07, 6.45) is 1.79.